The first-order valence-corrected chi connectivity index (χ1v) is 5.30. The number of furan rings is 1. The van der Waals surface area contributed by atoms with Gasteiger partial charge in [0, 0.05) is 0 Å². The van der Waals surface area contributed by atoms with Gasteiger partial charge in [0.2, 0.25) is 0 Å². The molecule has 3 nitrogen and oxygen atoms in total. The van der Waals surface area contributed by atoms with Gasteiger partial charge in [0.1, 0.15) is 11.5 Å². The van der Waals surface area contributed by atoms with Crippen LogP contribution in [0.25, 0.3) is 0 Å². The minimum absolute atomic E-state index is 0.157. The van der Waals surface area contributed by atoms with Crippen molar-refractivity contribution in [3.05, 3.63) is 23.2 Å². The van der Waals surface area contributed by atoms with E-state index < -0.39 is 12.7 Å². The predicted molar refractivity (Wildman–Crippen MR) is 58.6 cm³/mol. The van der Waals surface area contributed by atoms with E-state index in [4.69, 9.17) is 4.42 Å². The van der Waals surface area contributed by atoms with Crippen molar-refractivity contribution in [2.45, 2.75) is 26.2 Å². The average Bonchev–Trinajstić information content (AvgIpc) is 2.43. The Morgan fingerprint density at radius 2 is 2.06 bits per heavy atom. The Balaban J connectivity index is 2.59. The summed E-state index contributed by atoms with van der Waals surface area (Å²) >= 11 is 0. The van der Waals surface area contributed by atoms with Crippen LogP contribution in [0.5, 0.6) is 0 Å². The van der Waals surface area contributed by atoms with E-state index in [0.29, 0.717) is 12.3 Å². The van der Waals surface area contributed by atoms with E-state index in [-0.39, 0.29) is 6.54 Å². The Morgan fingerprint density at radius 1 is 1.41 bits per heavy atom. The van der Waals surface area contributed by atoms with Crippen LogP contribution in [0.2, 0.25) is 0 Å². The molecule has 0 fully saturated rings. The fourth-order valence-corrected chi connectivity index (χ4v) is 1.63. The van der Waals surface area contributed by atoms with E-state index in [1.165, 1.54) is 11.9 Å². The molecule has 1 heterocycles. The van der Waals surface area contributed by atoms with E-state index in [1.54, 1.807) is 13.1 Å². The molecule has 98 valence electrons. The van der Waals surface area contributed by atoms with E-state index in [2.05, 4.69) is 5.32 Å². The fourth-order valence-electron chi connectivity index (χ4n) is 1.63. The van der Waals surface area contributed by atoms with Gasteiger partial charge in [-0.15, -0.1) is 0 Å². The number of halogens is 3. The van der Waals surface area contributed by atoms with Gasteiger partial charge in [0.15, 0.2) is 0 Å². The Kier molecular flexibility index (Phi) is 4.59. The van der Waals surface area contributed by atoms with Crippen molar-refractivity contribution in [2.75, 3.05) is 20.6 Å². The van der Waals surface area contributed by atoms with Crippen LogP contribution in [-0.4, -0.2) is 31.7 Å². The second-order valence-corrected chi connectivity index (χ2v) is 4.14. The van der Waals surface area contributed by atoms with Crippen LogP contribution in [0.4, 0.5) is 13.2 Å². The zero-order valence-corrected chi connectivity index (χ0v) is 10.2. The monoisotopic (exact) mass is 250 g/mol. The summed E-state index contributed by atoms with van der Waals surface area (Å²) in [4.78, 5) is 1.18. The van der Waals surface area contributed by atoms with Gasteiger partial charge in [-0.1, -0.05) is 0 Å². The topological polar surface area (TPSA) is 28.4 Å². The zero-order valence-electron chi connectivity index (χ0n) is 10.2. The highest BCUT2D eigenvalue weighted by atomic mass is 19.4. The fraction of sp³-hybridized carbons (Fsp3) is 0.636. The summed E-state index contributed by atoms with van der Waals surface area (Å²) < 4.78 is 41.9. The van der Waals surface area contributed by atoms with Crippen molar-refractivity contribution in [1.82, 2.24) is 10.2 Å². The first-order chi connectivity index (χ1) is 7.81. The Morgan fingerprint density at radius 3 is 2.59 bits per heavy atom. The highest BCUT2D eigenvalue weighted by molar-refractivity contribution is 5.19. The first kappa shape index (κ1) is 14.1. The molecule has 0 aromatic carbocycles. The lowest BCUT2D eigenvalue weighted by Crippen LogP contribution is -2.30. The maximum absolute atomic E-state index is 12.1. The summed E-state index contributed by atoms with van der Waals surface area (Å²) in [6.45, 7) is 1.68. The SMILES string of the molecule is CNCc1oc(CN(C)CC(F)(F)F)cc1C. The number of alkyl halides is 3. The van der Waals surface area contributed by atoms with Crippen molar-refractivity contribution in [2.24, 2.45) is 0 Å². The van der Waals surface area contributed by atoms with Crippen LogP contribution in [0.15, 0.2) is 10.5 Å². The van der Waals surface area contributed by atoms with Crippen LogP contribution >= 0.6 is 0 Å². The van der Waals surface area contributed by atoms with Crippen LogP contribution in [0.1, 0.15) is 17.1 Å². The van der Waals surface area contributed by atoms with Gasteiger partial charge in [0.05, 0.1) is 19.6 Å². The predicted octanol–water partition coefficient (Wildman–Crippen LogP) is 2.30. The molecule has 0 radical (unpaired) electrons. The molecule has 0 saturated carbocycles. The van der Waals surface area contributed by atoms with Gasteiger partial charge in [-0.3, -0.25) is 4.90 Å². The van der Waals surface area contributed by atoms with Gasteiger partial charge in [-0.2, -0.15) is 13.2 Å². The van der Waals surface area contributed by atoms with Crippen molar-refractivity contribution in [1.29, 1.82) is 0 Å². The molecule has 0 saturated heterocycles. The van der Waals surface area contributed by atoms with Gasteiger partial charge in [-0.05, 0) is 32.6 Å². The molecule has 0 atom stereocenters. The molecular formula is C11H17F3N2O. The maximum Gasteiger partial charge on any atom is 0.401 e. The van der Waals surface area contributed by atoms with E-state index in [0.717, 1.165) is 11.3 Å². The van der Waals surface area contributed by atoms with Crippen molar-refractivity contribution in [3.63, 3.8) is 0 Å². The molecule has 17 heavy (non-hydrogen) atoms. The molecular weight excluding hydrogens is 233 g/mol. The molecule has 1 aromatic rings. The summed E-state index contributed by atoms with van der Waals surface area (Å²) in [5.41, 5.74) is 0.953. The third-order valence-corrected chi connectivity index (χ3v) is 2.28. The number of aryl methyl sites for hydroxylation is 1. The molecule has 0 aliphatic rings. The molecule has 6 heteroatoms. The van der Waals surface area contributed by atoms with Crippen LogP contribution in [0.3, 0.4) is 0 Å². The highest BCUT2D eigenvalue weighted by Crippen LogP contribution is 2.19. The molecule has 1 aromatic heterocycles. The van der Waals surface area contributed by atoms with Crippen LogP contribution in [-0.2, 0) is 13.1 Å². The summed E-state index contributed by atoms with van der Waals surface area (Å²) in [5, 5.41) is 2.94. The van der Waals surface area contributed by atoms with E-state index >= 15 is 0 Å². The minimum Gasteiger partial charge on any atom is -0.463 e. The van der Waals surface area contributed by atoms with E-state index in [9.17, 15) is 13.2 Å². The molecule has 0 aliphatic carbocycles. The molecule has 0 amide bonds. The van der Waals surface area contributed by atoms with Crippen LogP contribution in [0, 0.1) is 6.92 Å². The Hall–Kier alpha value is -1.01. The van der Waals surface area contributed by atoms with Crippen molar-refractivity contribution < 1.29 is 17.6 Å². The van der Waals surface area contributed by atoms with Crippen LogP contribution < -0.4 is 5.32 Å². The van der Waals surface area contributed by atoms with E-state index in [1.807, 2.05) is 6.92 Å². The lowest BCUT2D eigenvalue weighted by atomic mass is 10.2. The number of nitrogens with one attached hydrogen (secondary N) is 1. The van der Waals surface area contributed by atoms with Gasteiger partial charge in [-0.25, -0.2) is 0 Å². The maximum atomic E-state index is 12.1. The molecule has 0 aliphatic heterocycles. The molecule has 0 spiro atoms. The second kappa shape index (κ2) is 5.55. The quantitative estimate of drug-likeness (QED) is 0.869. The summed E-state index contributed by atoms with van der Waals surface area (Å²) in [5.74, 6) is 1.32. The first-order valence-electron chi connectivity index (χ1n) is 5.30. The molecule has 0 bridgehead atoms. The van der Waals surface area contributed by atoms with Gasteiger partial charge < -0.3 is 9.73 Å². The summed E-state index contributed by atoms with van der Waals surface area (Å²) in [6.07, 6.45) is -4.18. The van der Waals surface area contributed by atoms with Crippen molar-refractivity contribution in [3.8, 4) is 0 Å². The zero-order chi connectivity index (χ0) is 13.1. The number of hydrogen-bond acceptors (Lipinski definition) is 3. The number of nitrogens with zero attached hydrogens (tertiary/aromatic N) is 1. The number of hydrogen-bond donors (Lipinski definition) is 1. The third-order valence-electron chi connectivity index (χ3n) is 2.28. The normalized spacial score (nSPS) is 12.4. The largest absolute Gasteiger partial charge is 0.463 e. The second-order valence-electron chi connectivity index (χ2n) is 4.14. The molecule has 0 unspecified atom stereocenters. The minimum atomic E-state index is -4.18. The van der Waals surface area contributed by atoms with Gasteiger partial charge in [0.25, 0.3) is 0 Å². The Bertz CT molecular complexity index is 360. The lowest BCUT2D eigenvalue weighted by Gasteiger charge is -2.16. The van der Waals surface area contributed by atoms with Crippen molar-refractivity contribution >= 4 is 0 Å². The lowest BCUT2D eigenvalue weighted by molar-refractivity contribution is -0.144. The standard InChI is InChI=1S/C11H17F3N2O/c1-8-4-9(17-10(8)5-15-2)6-16(3)7-11(12,13)14/h4,15H,5-7H2,1-3H3. The third kappa shape index (κ3) is 4.79. The summed E-state index contributed by atoms with van der Waals surface area (Å²) in [7, 11) is 3.21. The average molecular weight is 250 g/mol. The molecule has 1 rings (SSSR count). The molecule has 1 N–H and O–H groups in total. The van der Waals surface area contributed by atoms with Gasteiger partial charge >= 0.3 is 6.18 Å². The highest BCUT2D eigenvalue weighted by Gasteiger charge is 2.29. The summed E-state index contributed by atoms with van der Waals surface area (Å²) in [6, 6.07) is 1.78. The Labute approximate surface area is 98.6 Å². The number of rotatable bonds is 5. The smallest absolute Gasteiger partial charge is 0.401 e.